The molecular weight excluding hydrogens is 172 g/mol. The predicted molar refractivity (Wildman–Crippen MR) is 56.5 cm³/mol. The zero-order chi connectivity index (χ0) is 9.72. The number of aliphatic imine (C=N–C) groups is 1. The fourth-order valence-corrected chi connectivity index (χ4v) is 0.828. The van der Waals surface area contributed by atoms with Gasteiger partial charge < -0.3 is 15.1 Å². The molecule has 0 spiro atoms. The van der Waals surface area contributed by atoms with Gasteiger partial charge in [0, 0.05) is 35.2 Å². The van der Waals surface area contributed by atoms with Crippen molar-refractivity contribution in [3.63, 3.8) is 0 Å². The normalized spacial score (nSPS) is 8.75. The molecule has 0 aliphatic carbocycles. The van der Waals surface area contributed by atoms with Gasteiger partial charge >= 0.3 is 0 Å². The monoisotopic (exact) mass is 188 g/mol. The Kier molecular flexibility index (Phi) is 4.58. The van der Waals surface area contributed by atoms with E-state index in [1.165, 1.54) is 0 Å². The van der Waals surface area contributed by atoms with Gasteiger partial charge in [-0.25, -0.2) is 0 Å². The Morgan fingerprint density at radius 3 is 1.83 bits per heavy atom. The highest BCUT2D eigenvalue weighted by molar-refractivity contribution is 7.80. The number of rotatable bonds is 0. The van der Waals surface area contributed by atoms with Crippen LogP contribution in [0.25, 0.3) is 0 Å². The van der Waals surface area contributed by atoms with Crippen molar-refractivity contribution in [1.82, 2.24) is 15.1 Å². The van der Waals surface area contributed by atoms with E-state index in [-0.39, 0.29) is 0 Å². The minimum absolute atomic E-state index is 0.493. The number of nitrogens with zero attached hydrogens (tertiary/aromatic N) is 3. The molecule has 70 valence electrons. The lowest BCUT2D eigenvalue weighted by Gasteiger charge is -2.22. The van der Waals surface area contributed by atoms with Crippen molar-refractivity contribution >= 4 is 23.3 Å². The molecule has 0 aromatic heterocycles. The minimum Gasteiger partial charge on any atom is -0.364 e. The Labute approximate surface area is 79.3 Å². The molecule has 0 rings (SSSR count). The molecule has 5 heteroatoms. The standard InChI is InChI=1S/C7H16N4S/c1-8-6(12)9-7(10(2)3)11(4)5/h1-5H3,(H,8,12). The maximum atomic E-state index is 4.92. The van der Waals surface area contributed by atoms with E-state index in [1.54, 1.807) is 7.05 Å². The Bertz CT molecular complexity index is 176. The highest BCUT2D eigenvalue weighted by Gasteiger charge is 2.04. The Balaban J connectivity index is 4.50. The number of guanidine groups is 1. The third kappa shape index (κ3) is 3.52. The second-order valence-corrected chi connectivity index (χ2v) is 3.14. The van der Waals surface area contributed by atoms with Crippen LogP contribution in [-0.4, -0.2) is 56.1 Å². The molecule has 0 aliphatic rings. The molecule has 12 heavy (non-hydrogen) atoms. The van der Waals surface area contributed by atoms with Crippen LogP contribution in [0, 0.1) is 0 Å². The van der Waals surface area contributed by atoms with E-state index < -0.39 is 0 Å². The van der Waals surface area contributed by atoms with Crippen LogP contribution in [-0.2, 0) is 0 Å². The fourth-order valence-electron chi connectivity index (χ4n) is 0.747. The van der Waals surface area contributed by atoms with Gasteiger partial charge in [0.15, 0.2) is 5.11 Å². The summed E-state index contributed by atoms with van der Waals surface area (Å²) in [6, 6.07) is 0. The summed E-state index contributed by atoms with van der Waals surface area (Å²) in [7, 11) is 9.47. The van der Waals surface area contributed by atoms with Crippen LogP contribution >= 0.6 is 12.2 Å². The SMILES string of the molecule is CNC(=S)N=C(N(C)C)N(C)C. The zero-order valence-corrected chi connectivity index (χ0v) is 9.07. The van der Waals surface area contributed by atoms with Gasteiger partial charge in [-0.05, 0) is 12.2 Å². The molecule has 0 aliphatic heterocycles. The van der Waals surface area contributed by atoms with Crippen LogP contribution in [0.4, 0.5) is 0 Å². The quantitative estimate of drug-likeness (QED) is 0.328. The maximum Gasteiger partial charge on any atom is 0.202 e. The fraction of sp³-hybridized carbons (Fsp3) is 0.714. The second kappa shape index (κ2) is 4.92. The lowest BCUT2D eigenvalue weighted by molar-refractivity contribution is 0.485. The van der Waals surface area contributed by atoms with Crippen molar-refractivity contribution in [2.24, 2.45) is 4.99 Å². The first-order valence-electron chi connectivity index (χ1n) is 3.64. The largest absolute Gasteiger partial charge is 0.364 e. The van der Waals surface area contributed by atoms with E-state index in [0.29, 0.717) is 5.11 Å². The van der Waals surface area contributed by atoms with Gasteiger partial charge in [-0.3, -0.25) is 0 Å². The van der Waals surface area contributed by atoms with Gasteiger partial charge in [0.1, 0.15) is 0 Å². The van der Waals surface area contributed by atoms with Crippen LogP contribution < -0.4 is 5.32 Å². The third-order valence-electron chi connectivity index (χ3n) is 1.22. The predicted octanol–water partition coefficient (Wildman–Crippen LogP) is -0.0301. The van der Waals surface area contributed by atoms with Crippen LogP contribution in [0.3, 0.4) is 0 Å². The number of hydrogen-bond donors (Lipinski definition) is 1. The molecule has 0 saturated heterocycles. The molecule has 1 N–H and O–H groups in total. The van der Waals surface area contributed by atoms with Gasteiger partial charge in [-0.15, -0.1) is 0 Å². The molecule has 0 amide bonds. The first-order valence-corrected chi connectivity index (χ1v) is 4.05. The van der Waals surface area contributed by atoms with Crippen molar-refractivity contribution in [2.45, 2.75) is 0 Å². The number of hydrogen-bond acceptors (Lipinski definition) is 1. The van der Waals surface area contributed by atoms with Crippen molar-refractivity contribution < 1.29 is 0 Å². The molecule has 0 aromatic rings. The van der Waals surface area contributed by atoms with Crippen molar-refractivity contribution in [3.8, 4) is 0 Å². The third-order valence-corrected chi connectivity index (χ3v) is 1.51. The summed E-state index contributed by atoms with van der Waals surface area (Å²) in [4.78, 5) is 8.00. The molecule has 0 bridgehead atoms. The molecule has 0 saturated carbocycles. The molecule has 0 unspecified atom stereocenters. The van der Waals surface area contributed by atoms with Gasteiger partial charge in [0.25, 0.3) is 0 Å². The van der Waals surface area contributed by atoms with Gasteiger partial charge in [-0.1, -0.05) is 0 Å². The summed E-state index contributed by atoms with van der Waals surface area (Å²) in [6.45, 7) is 0. The first-order chi connectivity index (χ1) is 5.49. The molecule has 0 atom stereocenters. The van der Waals surface area contributed by atoms with Gasteiger partial charge in [-0.2, -0.15) is 4.99 Å². The van der Waals surface area contributed by atoms with Crippen molar-refractivity contribution in [3.05, 3.63) is 0 Å². The van der Waals surface area contributed by atoms with Crippen LogP contribution in [0.15, 0.2) is 4.99 Å². The van der Waals surface area contributed by atoms with E-state index in [4.69, 9.17) is 12.2 Å². The van der Waals surface area contributed by atoms with Crippen LogP contribution in [0.2, 0.25) is 0 Å². The number of nitrogens with one attached hydrogen (secondary N) is 1. The van der Waals surface area contributed by atoms with E-state index >= 15 is 0 Å². The average Bonchev–Trinajstić information content (AvgIpc) is 1.98. The lowest BCUT2D eigenvalue weighted by atomic mass is 10.7. The van der Waals surface area contributed by atoms with Crippen molar-refractivity contribution in [2.75, 3.05) is 35.2 Å². The second-order valence-electron chi connectivity index (χ2n) is 2.76. The highest BCUT2D eigenvalue weighted by Crippen LogP contribution is 1.89. The summed E-state index contributed by atoms with van der Waals surface area (Å²) in [6.07, 6.45) is 0. The molecular formula is C7H16N4S. The maximum absolute atomic E-state index is 4.92. The molecule has 0 aromatic carbocycles. The Morgan fingerprint density at radius 2 is 1.58 bits per heavy atom. The van der Waals surface area contributed by atoms with Gasteiger partial charge in [0.2, 0.25) is 5.96 Å². The van der Waals surface area contributed by atoms with E-state index in [2.05, 4.69) is 10.3 Å². The average molecular weight is 188 g/mol. The Hall–Kier alpha value is -0.840. The van der Waals surface area contributed by atoms with Crippen molar-refractivity contribution in [1.29, 1.82) is 0 Å². The molecule has 4 nitrogen and oxygen atoms in total. The topological polar surface area (TPSA) is 30.9 Å². The summed E-state index contributed by atoms with van der Waals surface area (Å²) in [5.74, 6) is 0.828. The van der Waals surface area contributed by atoms with E-state index in [9.17, 15) is 0 Å². The van der Waals surface area contributed by atoms with E-state index in [0.717, 1.165) is 5.96 Å². The molecule has 0 radical (unpaired) electrons. The summed E-state index contributed by atoms with van der Waals surface area (Å²) >= 11 is 4.92. The minimum atomic E-state index is 0.493. The first kappa shape index (κ1) is 11.2. The highest BCUT2D eigenvalue weighted by atomic mass is 32.1. The van der Waals surface area contributed by atoms with Gasteiger partial charge in [0.05, 0.1) is 0 Å². The summed E-state index contributed by atoms with van der Waals surface area (Å²) in [5, 5.41) is 3.29. The zero-order valence-electron chi connectivity index (χ0n) is 8.25. The molecule has 0 heterocycles. The number of thiocarbonyl (C=S) groups is 1. The van der Waals surface area contributed by atoms with E-state index in [1.807, 2.05) is 38.0 Å². The summed E-state index contributed by atoms with van der Waals surface area (Å²) in [5.41, 5.74) is 0. The van der Waals surface area contributed by atoms with Crippen LogP contribution in [0.5, 0.6) is 0 Å². The Morgan fingerprint density at radius 1 is 1.17 bits per heavy atom. The lowest BCUT2D eigenvalue weighted by Crippen LogP contribution is -2.37. The summed E-state index contributed by atoms with van der Waals surface area (Å²) < 4.78 is 0. The molecule has 0 fully saturated rings. The van der Waals surface area contributed by atoms with Crippen LogP contribution in [0.1, 0.15) is 0 Å². The smallest absolute Gasteiger partial charge is 0.202 e.